The number of phenols is 1. The summed E-state index contributed by atoms with van der Waals surface area (Å²) in [5.74, 6) is 1.21. The van der Waals surface area contributed by atoms with Crippen LogP contribution in [0.2, 0.25) is 0 Å². The van der Waals surface area contributed by atoms with Crippen molar-refractivity contribution >= 4 is 0 Å². The number of rotatable bonds is 2. The van der Waals surface area contributed by atoms with Gasteiger partial charge in [-0.1, -0.05) is 12.6 Å². The van der Waals surface area contributed by atoms with E-state index in [1.165, 1.54) is 0 Å². The van der Waals surface area contributed by atoms with Gasteiger partial charge in [-0.25, -0.2) is 0 Å². The lowest BCUT2D eigenvalue weighted by Gasteiger charge is -2.67. The summed E-state index contributed by atoms with van der Waals surface area (Å²) in [6.45, 7) is 5.54. The van der Waals surface area contributed by atoms with Crippen molar-refractivity contribution in [3.05, 3.63) is 40.6 Å². The van der Waals surface area contributed by atoms with Crippen molar-refractivity contribution in [3.8, 4) is 11.5 Å². The summed E-state index contributed by atoms with van der Waals surface area (Å²) >= 11 is 0. The van der Waals surface area contributed by atoms with Crippen molar-refractivity contribution in [1.82, 2.24) is 0 Å². The Bertz CT molecular complexity index is 940. The van der Waals surface area contributed by atoms with E-state index >= 15 is 0 Å². The number of benzene rings is 1. The molecular formula is C22H25NO4. The van der Waals surface area contributed by atoms with Gasteiger partial charge in [0.2, 0.25) is 0 Å². The Morgan fingerprint density at radius 2 is 2.15 bits per heavy atom. The van der Waals surface area contributed by atoms with Gasteiger partial charge in [-0.15, -0.1) is 0 Å². The van der Waals surface area contributed by atoms with E-state index < -0.39 is 11.0 Å². The third-order valence-corrected chi connectivity index (χ3v) is 8.85. The molecule has 4 aliphatic carbocycles. The van der Waals surface area contributed by atoms with Crippen LogP contribution in [0, 0.1) is 16.5 Å². The molecular weight excluding hydrogens is 342 g/mol. The number of fused-ring (bicyclic) bond motifs is 1. The van der Waals surface area contributed by atoms with E-state index in [4.69, 9.17) is 4.74 Å². The fraction of sp³-hybridized carbons (Fsp3) is 0.636. The summed E-state index contributed by atoms with van der Waals surface area (Å²) in [5, 5.41) is 36.7. The van der Waals surface area contributed by atoms with E-state index in [1.807, 2.05) is 6.07 Å². The zero-order chi connectivity index (χ0) is 18.4. The lowest BCUT2D eigenvalue weighted by Crippen LogP contribution is -2.79. The van der Waals surface area contributed by atoms with E-state index in [0.29, 0.717) is 37.6 Å². The first-order valence-electron chi connectivity index (χ1n) is 10.3. The van der Waals surface area contributed by atoms with E-state index in [-0.39, 0.29) is 28.0 Å². The second-order valence-electron chi connectivity index (χ2n) is 10.4. The molecule has 5 heteroatoms. The molecule has 1 saturated heterocycles. The summed E-state index contributed by atoms with van der Waals surface area (Å²) in [4.78, 5) is 0. The van der Waals surface area contributed by atoms with Crippen LogP contribution in [0.3, 0.4) is 0 Å². The van der Waals surface area contributed by atoms with E-state index in [9.17, 15) is 15.4 Å². The number of hydrogen-bond acceptors (Lipinski definition) is 4. The monoisotopic (exact) mass is 367 g/mol. The first kappa shape index (κ1) is 15.4. The van der Waals surface area contributed by atoms with Crippen LogP contribution in [0.5, 0.6) is 11.5 Å². The molecule has 2 N–H and O–H groups in total. The summed E-state index contributed by atoms with van der Waals surface area (Å²) in [6.07, 6.45) is 4.87. The quantitative estimate of drug-likeness (QED) is 0.479. The Hall–Kier alpha value is -1.56. The molecule has 2 heterocycles. The number of ether oxygens (including phenoxy) is 1. The van der Waals surface area contributed by atoms with Gasteiger partial charge in [0, 0.05) is 11.5 Å². The summed E-state index contributed by atoms with van der Waals surface area (Å²) in [6, 6.07) is 3.43. The Labute approximate surface area is 158 Å². The number of quaternary nitrogens is 1. The van der Waals surface area contributed by atoms with E-state index in [1.54, 1.807) is 6.07 Å². The predicted octanol–water partition coefficient (Wildman–Crippen LogP) is 2.53. The summed E-state index contributed by atoms with van der Waals surface area (Å²) < 4.78 is 6.07. The molecule has 0 radical (unpaired) electrons. The van der Waals surface area contributed by atoms with Gasteiger partial charge in [-0.2, -0.15) is 0 Å². The van der Waals surface area contributed by atoms with E-state index in [0.717, 1.165) is 42.4 Å². The molecule has 0 amide bonds. The van der Waals surface area contributed by atoms with Crippen molar-refractivity contribution in [1.29, 1.82) is 0 Å². The van der Waals surface area contributed by atoms with Gasteiger partial charge >= 0.3 is 0 Å². The first-order valence-corrected chi connectivity index (χ1v) is 10.3. The minimum Gasteiger partial charge on any atom is -0.632 e. The largest absolute Gasteiger partial charge is 0.632 e. The molecule has 7 rings (SSSR count). The van der Waals surface area contributed by atoms with Crippen LogP contribution in [0.15, 0.2) is 24.3 Å². The highest BCUT2D eigenvalue weighted by Crippen LogP contribution is 2.77. The van der Waals surface area contributed by atoms with Crippen LogP contribution in [0.1, 0.15) is 43.2 Å². The summed E-state index contributed by atoms with van der Waals surface area (Å²) in [5.41, 5.74) is 1.31. The SMILES string of the molecule is C=C1CC[C@@]2(O)[C@H]3C4(Cc5ccc(O)c6c5[C@@]2(C4)[C@H]1O6)C[N+]3([O-])CC1CC1. The van der Waals surface area contributed by atoms with Crippen molar-refractivity contribution in [3.63, 3.8) is 0 Å². The number of hydrogen-bond donors (Lipinski definition) is 2. The zero-order valence-corrected chi connectivity index (χ0v) is 15.4. The molecule has 6 atom stereocenters. The second-order valence-corrected chi connectivity index (χ2v) is 10.4. The second kappa shape index (κ2) is 4.07. The highest BCUT2D eigenvalue weighted by Gasteiger charge is 2.86. The molecule has 27 heavy (non-hydrogen) atoms. The van der Waals surface area contributed by atoms with Gasteiger partial charge in [-0.05, 0) is 55.7 Å². The molecule has 0 aromatic heterocycles. The maximum absolute atomic E-state index is 13.9. The topological polar surface area (TPSA) is 72.8 Å². The molecule has 1 aromatic carbocycles. The zero-order valence-electron chi connectivity index (χ0n) is 15.4. The van der Waals surface area contributed by atoms with Gasteiger partial charge in [0.05, 0.1) is 23.9 Å². The molecule has 3 saturated carbocycles. The number of aromatic hydroxyl groups is 1. The molecule has 4 fully saturated rings. The van der Waals surface area contributed by atoms with Crippen molar-refractivity contribution in [2.45, 2.75) is 61.7 Å². The minimum absolute atomic E-state index is 0.136. The number of phenolic OH excluding ortho intramolecular Hbond substituents is 1. The Morgan fingerprint density at radius 3 is 2.93 bits per heavy atom. The predicted molar refractivity (Wildman–Crippen MR) is 98.2 cm³/mol. The number of likely N-dealkylation sites (tertiary alicyclic amines) is 1. The highest BCUT2D eigenvalue weighted by atomic mass is 16.6. The van der Waals surface area contributed by atoms with Crippen LogP contribution in [0.25, 0.3) is 0 Å². The number of aliphatic hydroxyl groups is 1. The highest BCUT2D eigenvalue weighted by molar-refractivity contribution is 5.65. The molecule has 1 aromatic rings. The van der Waals surface area contributed by atoms with E-state index in [2.05, 4.69) is 6.58 Å². The van der Waals surface area contributed by atoms with Crippen LogP contribution >= 0.6 is 0 Å². The standard InChI is InChI=1S/C22H25NO4/c1-12-6-7-22(25)19-20(11-23(19,26)9-13-2-3-13)8-14-4-5-15(24)17-16(14)21(22,10-20)18(12)27-17/h4-5,13,18-19,24-25H,1-3,6-11H2/t18-,19+,20?,21-,22+,23?/m0/s1. The normalized spacial score (nSPS) is 50.7. The van der Waals surface area contributed by atoms with Gasteiger partial charge in [-0.3, -0.25) is 0 Å². The van der Waals surface area contributed by atoms with Crippen LogP contribution < -0.4 is 4.74 Å². The molecule has 6 aliphatic rings. The maximum Gasteiger partial charge on any atom is 0.166 e. The third kappa shape index (κ3) is 1.41. The fourth-order valence-electron chi connectivity index (χ4n) is 8.22. The lowest BCUT2D eigenvalue weighted by molar-refractivity contribution is -0.974. The van der Waals surface area contributed by atoms with Crippen molar-refractivity contribution in [2.24, 2.45) is 11.3 Å². The van der Waals surface area contributed by atoms with Crippen LogP contribution in [-0.2, 0) is 11.8 Å². The molecule has 2 bridgehead atoms. The molecule has 142 valence electrons. The van der Waals surface area contributed by atoms with Crippen molar-refractivity contribution < 1.29 is 19.6 Å². The smallest absolute Gasteiger partial charge is 0.166 e. The van der Waals surface area contributed by atoms with Crippen LogP contribution in [0.4, 0.5) is 0 Å². The Balaban J connectivity index is 1.50. The number of hydroxylamine groups is 3. The van der Waals surface area contributed by atoms with Gasteiger partial charge in [0.15, 0.2) is 11.5 Å². The molecule has 5 nitrogen and oxygen atoms in total. The Kier molecular flexibility index (Phi) is 2.32. The lowest BCUT2D eigenvalue weighted by atomic mass is 9.57. The molecule has 2 spiro atoms. The van der Waals surface area contributed by atoms with Gasteiger partial charge in [0.25, 0.3) is 0 Å². The van der Waals surface area contributed by atoms with Crippen LogP contribution in [-0.4, -0.2) is 45.7 Å². The molecule has 2 unspecified atom stereocenters. The number of nitrogens with zero attached hydrogens (tertiary/aromatic N) is 1. The third-order valence-electron chi connectivity index (χ3n) is 8.85. The van der Waals surface area contributed by atoms with Gasteiger partial charge < -0.3 is 24.8 Å². The van der Waals surface area contributed by atoms with Gasteiger partial charge in [0.1, 0.15) is 17.7 Å². The first-order chi connectivity index (χ1) is 12.8. The summed E-state index contributed by atoms with van der Waals surface area (Å²) in [7, 11) is 0. The molecule has 2 aliphatic heterocycles. The average Bonchev–Trinajstić information content (AvgIpc) is 3.29. The average molecular weight is 367 g/mol. The maximum atomic E-state index is 13.9. The fourth-order valence-corrected chi connectivity index (χ4v) is 8.22. The Morgan fingerprint density at radius 1 is 1.33 bits per heavy atom. The van der Waals surface area contributed by atoms with Crippen molar-refractivity contribution in [2.75, 3.05) is 13.1 Å². The minimum atomic E-state index is -1.07.